The van der Waals surface area contributed by atoms with Gasteiger partial charge < -0.3 is 25.7 Å². The van der Waals surface area contributed by atoms with Gasteiger partial charge in [-0.25, -0.2) is 4.79 Å². The number of nitrogens with two attached hydrogens (primary N) is 2. The zero-order chi connectivity index (χ0) is 18.4. The number of esters is 1. The molecule has 25 heavy (non-hydrogen) atoms. The Morgan fingerprint density at radius 3 is 2.40 bits per heavy atom. The molecule has 0 saturated carbocycles. The molecule has 0 radical (unpaired) electrons. The number of carbonyl (C=O) groups is 1. The third kappa shape index (κ3) is 5.20. The van der Waals surface area contributed by atoms with Crippen LogP contribution >= 0.6 is 0 Å². The number of carbonyl (C=O) groups excluding carboxylic acids is 1. The summed E-state index contributed by atoms with van der Waals surface area (Å²) in [4.78, 5) is 23.5. The molecule has 9 nitrogen and oxygen atoms in total. The van der Waals surface area contributed by atoms with Crippen LogP contribution in [0.5, 0.6) is 11.5 Å². The zero-order valence-corrected chi connectivity index (χ0v) is 14.4. The molecule has 1 aromatic carbocycles. The van der Waals surface area contributed by atoms with Crippen LogP contribution in [0.25, 0.3) is 0 Å². The Balaban J connectivity index is 2.05. The van der Waals surface area contributed by atoms with Gasteiger partial charge in [-0.1, -0.05) is 13.8 Å². The normalized spacial score (nSPS) is 10.6. The van der Waals surface area contributed by atoms with Crippen molar-refractivity contribution in [2.45, 2.75) is 20.5 Å². The molecule has 0 unspecified atom stereocenters. The van der Waals surface area contributed by atoms with E-state index in [2.05, 4.69) is 15.0 Å². The summed E-state index contributed by atoms with van der Waals surface area (Å²) < 4.78 is 16.1. The van der Waals surface area contributed by atoms with Crippen molar-refractivity contribution in [3.05, 3.63) is 29.6 Å². The average molecular weight is 347 g/mol. The number of methoxy groups -OCH3 is 1. The first-order valence-electron chi connectivity index (χ1n) is 7.63. The molecule has 0 aliphatic carbocycles. The predicted molar refractivity (Wildman–Crippen MR) is 91.1 cm³/mol. The number of aromatic nitrogens is 3. The summed E-state index contributed by atoms with van der Waals surface area (Å²) in [6.07, 6.45) is 0. The minimum Gasteiger partial charge on any atom is -0.493 e. The Hall–Kier alpha value is -3.10. The first kappa shape index (κ1) is 18.2. The maximum atomic E-state index is 12.2. The van der Waals surface area contributed by atoms with Gasteiger partial charge in [0.2, 0.25) is 11.9 Å². The van der Waals surface area contributed by atoms with Crippen molar-refractivity contribution in [3.63, 3.8) is 0 Å². The highest BCUT2D eigenvalue weighted by atomic mass is 16.5. The maximum Gasteiger partial charge on any atom is 0.338 e. The number of rotatable bonds is 7. The van der Waals surface area contributed by atoms with Gasteiger partial charge in [0, 0.05) is 0 Å². The van der Waals surface area contributed by atoms with Crippen molar-refractivity contribution in [1.82, 2.24) is 15.0 Å². The molecule has 1 heterocycles. The first-order chi connectivity index (χ1) is 11.9. The van der Waals surface area contributed by atoms with Crippen molar-refractivity contribution in [2.24, 2.45) is 5.92 Å². The van der Waals surface area contributed by atoms with Crippen LogP contribution in [-0.4, -0.2) is 34.6 Å². The Labute approximate surface area is 145 Å². The third-order valence-corrected chi connectivity index (χ3v) is 3.02. The van der Waals surface area contributed by atoms with Gasteiger partial charge in [0.15, 0.2) is 23.9 Å². The van der Waals surface area contributed by atoms with Crippen LogP contribution in [0.3, 0.4) is 0 Å². The second kappa shape index (κ2) is 8.13. The molecule has 2 aromatic rings. The Morgan fingerprint density at radius 1 is 1.12 bits per heavy atom. The number of anilines is 2. The quantitative estimate of drug-likeness (QED) is 0.713. The van der Waals surface area contributed by atoms with Gasteiger partial charge in [0.1, 0.15) is 0 Å². The maximum absolute atomic E-state index is 12.2. The van der Waals surface area contributed by atoms with Gasteiger partial charge in [-0.05, 0) is 24.1 Å². The Morgan fingerprint density at radius 2 is 1.80 bits per heavy atom. The smallest absolute Gasteiger partial charge is 0.338 e. The largest absolute Gasteiger partial charge is 0.493 e. The molecule has 4 N–H and O–H groups in total. The van der Waals surface area contributed by atoms with Crippen LogP contribution in [0.15, 0.2) is 18.2 Å². The highest BCUT2D eigenvalue weighted by Crippen LogP contribution is 2.28. The number of hydrogen-bond donors (Lipinski definition) is 2. The molecule has 0 aliphatic heterocycles. The lowest BCUT2D eigenvalue weighted by Gasteiger charge is -2.13. The van der Waals surface area contributed by atoms with Gasteiger partial charge in [-0.2, -0.15) is 15.0 Å². The monoisotopic (exact) mass is 347 g/mol. The topological polar surface area (TPSA) is 135 Å². The van der Waals surface area contributed by atoms with E-state index < -0.39 is 5.97 Å². The second-order valence-electron chi connectivity index (χ2n) is 5.61. The fraction of sp³-hybridized carbons (Fsp3) is 0.375. The highest BCUT2D eigenvalue weighted by Gasteiger charge is 2.14. The van der Waals surface area contributed by atoms with Crippen LogP contribution in [0.1, 0.15) is 30.0 Å². The standard InChI is InChI=1S/C16H21N5O4/c1-9(2)7-24-11-5-4-10(6-12(11)23-3)14(22)25-8-13-19-15(17)21-16(18)20-13/h4-6,9H,7-8H2,1-3H3,(H4,17,18,19,20,21). The van der Waals surface area contributed by atoms with Crippen molar-refractivity contribution in [1.29, 1.82) is 0 Å². The van der Waals surface area contributed by atoms with E-state index in [1.807, 2.05) is 13.8 Å². The van der Waals surface area contributed by atoms with Crippen molar-refractivity contribution in [3.8, 4) is 11.5 Å². The van der Waals surface area contributed by atoms with E-state index in [0.717, 1.165) is 0 Å². The van der Waals surface area contributed by atoms with E-state index >= 15 is 0 Å². The Kier molecular flexibility index (Phi) is 5.93. The van der Waals surface area contributed by atoms with Crippen molar-refractivity contribution in [2.75, 3.05) is 25.2 Å². The van der Waals surface area contributed by atoms with Crippen LogP contribution in [0.2, 0.25) is 0 Å². The summed E-state index contributed by atoms with van der Waals surface area (Å²) in [5.41, 5.74) is 11.2. The first-order valence-corrected chi connectivity index (χ1v) is 7.63. The average Bonchev–Trinajstić information content (AvgIpc) is 2.56. The summed E-state index contributed by atoms with van der Waals surface area (Å²) in [6.45, 7) is 4.45. The lowest BCUT2D eigenvalue weighted by molar-refractivity contribution is 0.0461. The van der Waals surface area contributed by atoms with Crippen LogP contribution in [0.4, 0.5) is 11.9 Å². The summed E-state index contributed by atoms with van der Waals surface area (Å²) >= 11 is 0. The molecule has 0 amide bonds. The highest BCUT2D eigenvalue weighted by molar-refractivity contribution is 5.90. The van der Waals surface area contributed by atoms with E-state index in [-0.39, 0.29) is 24.3 Å². The molecule has 2 rings (SSSR count). The van der Waals surface area contributed by atoms with E-state index in [1.165, 1.54) is 7.11 Å². The minimum atomic E-state index is -0.564. The van der Waals surface area contributed by atoms with Crippen LogP contribution in [0, 0.1) is 5.92 Å². The van der Waals surface area contributed by atoms with Gasteiger partial charge >= 0.3 is 5.97 Å². The summed E-state index contributed by atoms with van der Waals surface area (Å²) in [6, 6.07) is 4.81. The molecule has 0 saturated heterocycles. The number of benzene rings is 1. The molecule has 134 valence electrons. The fourth-order valence-corrected chi connectivity index (χ4v) is 1.91. The SMILES string of the molecule is COc1cc(C(=O)OCc2nc(N)nc(N)n2)ccc1OCC(C)C. The lowest BCUT2D eigenvalue weighted by Crippen LogP contribution is -2.11. The summed E-state index contributed by atoms with van der Waals surface area (Å²) in [7, 11) is 1.50. The fourth-order valence-electron chi connectivity index (χ4n) is 1.91. The molecule has 9 heteroatoms. The second-order valence-corrected chi connectivity index (χ2v) is 5.61. The predicted octanol–water partition coefficient (Wildman–Crippen LogP) is 1.44. The van der Waals surface area contributed by atoms with E-state index in [4.69, 9.17) is 25.7 Å². The summed E-state index contributed by atoms with van der Waals surface area (Å²) in [5, 5.41) is 0. The minimum absolute atomic E-state index is 0.0353. The molecular formula is C16H21N5O4. The number of hydrogen-bond acceptors (Lipinski definition) is 9. The van der Waals surface area contributed by atoms with Crippen LogP contribution in [-0.2, 0) is 11.3 Å². The molecule has 0 fully saturated rings. The van der Waals surface area contributed by atoms with E-state index in [9.17, 15) is 4.79 Å². The number of nitrogens with zero attached hydrogens (tertiary/aromatic N) is 3. The van der Waals surface area contributed by atoms with Crippen LogP contribution < -0.4 is 20.9 Å². The van der Waals surface area contributed by atoms with Gasteiger partial charge in [-0.3, -0.25) is 0 Å². The van der Waals surface area contributed by atoms with Gasteiger partial charge in [0.05, 0.1) is 19.3 Å². The summed E-state index contributed by atoms with van der Waals surface area (Å²) in [5.74, 6) is 0.913. The molecule has 0 atom stereocenters. The molecule has 1 aromatic heterocycles. The van der Waals surface area contributed by atoms with Gasteiger partial charge in [-0.15, -0.1) is 0 Å². The van der Waals surface area contributed by atoms with Crippen molar-refractivity contribution < 1.29 is 19.0 Å². The number of ether oxygens (including phenoxy) is 3. The van der Waals surface area contributed by atoms with Gasteiger partial charge in [0.25, 0.3) is 0 Å². The molecule has 0 spiro atoms. The molecular weight excluding hydrogens is 326 g/mol. The zero-order valence-electron chi connectivity index (χ0n) is 14.4. The Bertz CT molecular complexity index is 731. The number of nitrogen functional groups attached to an aromatic ring is 2. The molecule has 0 aliphatic rings. The van der Waals surface area contributed by atoms with E-state index in [1.54, 1.807) is 18.2 Å². The van der Waals surface area contributed by atoms with Crippen molar-refractivity contribution >= 4 is 17.9 Å². The van der Waals surface area contributed by atoms with E-state index in [0.29, 0.717) is 29.6 Å². The third-order valence-electron chi connectivity index (χ3n) is 3.02. The lowest BCUT2D eigenvalue weighted by atomic mass is 10.2. The molecule has 0 bridgehead atoms.